The van der Waals surface area contributed by atoms with Crippen LogP contribution < -0.4 is 14.8 Å². The predicted octanol–water partition coefficient (Wildman–Crippen LogP) is 7.03. The summed E-state index contributed by atoms with van der Waals surface area (Å²) in [6.07, 6.45) is 6.37. The van der Waals surface area contributed by atoms with Crippen LogP contribution in [0.25, 0.3) is 0 Å². The van der Waals surface area contributed by atoms with Crippen LogP contribution in [0.15, 0.2) is 36.4 Å². The largest absolute Gasteiger partial charge is 0.490 e. The molecule has 0 radical (unpaired) electrons. The molecule has 0 aliphatic carbocycles. The Morgan fingerprint density at radius 3 is 2.29 bits per heavy atom. The molecule has 0 heterocycles. The third-order valence-corrected chi connectivity index (χ3v) is 5.10. The Hall–Kier alpha value is -1.42. The Morgan fingerprint density at radius 2 is 1.57 bits per heavy atom. The summed E-state index contributed by atoms with van der Waals surface area (Å²) in [5, 5.41) is 4.88. The molecule has 0 aliphatic rings. The van der Waals surface area contributed by atoms with Gasteiger partial charge in [-0.1, -0.05) is 67.9 Å². The van der Waals surface area contributed by atoms with E-state index in [1.807, 2.05) is 43.3 Å². The summed E-state index contributed by atoms with van der Waals surface area (Å²) < 4.78 is 11.7. The normalized spacial score (nSPS) is 10.9. The second-order valence-electron chi connectivity index (χ2n) is 6.83. The molecule has 5 heteroatoms. The van der Waals surface area contributed by atoms with E-state index in [0.29, 0.717) is 29.0 Å². The van der Waals surface area contributed by atoms with E-state index in [9.17, 15) is 0 Å². The van der Waals surface area contributed by atoms with Crippen molar-refractivity contribution in [3.8, 4) is 11.5 Å². The lowest BCUT2D eigenvalue weighted by molar-refractivity contribution is 0.269. The maximum atomic E-state index is 6.49. The highest BCUT2D eigenvalue weighted by Crippen LogP contribution is 2.34. The van der Waals surface area contributed by atoms with E-state index in [4.69, 9.17) is 32.7 Å². The van der Waals surface area contributed by atoms with Gasteiger partial charge in [-0.25, -0.2) is 0 Å². The Morgan fingerprint density at radius 1 is 0.857 bits per heavy atom. The van der Waals surface area contributed by atoms with Gasteiger partial charge in [-0.3, -0.25) is 0 Å². The number of halogens is 2. The summed E-state index contributed by atoms with van der Waals surface area (Å²) in [4.78, 5) is 0. The number of nitrogens with one attached hydrogen (secondary N) is 1. The molecule has 0 aromatic heterocycles. The molecule has 0 spiro atoms. The lowest BCUT2D eigenvalue weighted by Gasteiger charge is -2.15. The summed E-state index contributed by atoms with van der Waals surface area (Å²) >= 11 is 12.4. The Kier molecular flexibility index (Phi) is 10.6. The first kappa shape index (κ1) is 22.9. The number of hydrogen-bond acceptors (Lipinski definition) is 3. The first-order valence-corrected chi connectivity index (χ1v) is 10.9. The van der Waals surface area contributed by atoms with Gasteiger partial charge in [0.25, 0.3) is 0 Å². The van der Waals surface area contributed by atoms with Crippen LogP contribution in [0.5, 0.6) is 11.5 Å². The summed E-state index contributed by atoms with van der Waals surface area (Å²) in [6, 6.07) is 11.4. The number of unbranched alkanes of at least 4 members (excludes halogenated alkanes) is 4. The highest BCUT2D eigenvalue weighted by Gasteiger charge is 2.11. The third-order valence-electron chi connectivity index (χ3n) is 4.49. The summed E-state index contributed by atoms with van der Waals surface area (Å²) in [6.45, 7) is 6.93. The molecule has 3 nitrogen and oxygen atoms in total. The quantitative estimate of drug-likeness (QED) is 0.350. The molecule has 2 aromatic rings. The van der Waals surface area contributed by atoms with Crippen LogP contribution in [-0.2, 0) is 13.2 Å². The highest BCUT2D eigenvalue weighted by atomic mass is 35.5. The third kappa shape index (κ3) is 7.90. The molecule has 0 unspecified atom stereocenters. The van der Waals surface area contributed by atoms with E-state index in [0.717, 1.165) is 30.0 Å². The van der Waals surface area contributed by atoms with Crippen molar-refractivity contribution in [3.05, 3.63) is 57.6 Å². The fourth-order valence-corrected chi connectivity index (χ4v) is 3.26. The molecule has 154 valence electrons. The van der Waals surface area contributed by atoms with Gasteiger partial charge in [0.2, 0.25) is 0 Å². The van der Waals surface area contributed by atoms with Gasteiger partial charge in [-0.05, 0) is 49.2 Å². The van der Waals surface area contributed by atoms with E-state index < -0.39 is 0 Å². The molecule has 0 saturated heterocycles. The molecule has 2 aromatic carbocycles. The molecule has 0 saturated carbocycles. The summed E-state index contributed by atoms with van der Waals surface area (Å²) in [5.74, 6) is 1.38. The zero-order chi connectivity index (χ0) is 20.2. The Labute approximate surface area is 179 Å². The van der Waals surface area contributed by atoms with Crippen molar-refractivity contribution in [2.45, 2.75) is 59.1 Å². The van der Waals surface area contributed by atoms with Crippen molar-refractivity contribution >= 4 is 23.2 Å². The second kappa shape index (κ2) is 12.9. The van der Waals surface area contributed by atoms with Gasteiger partial charge in [-0.2, -0.15) is 0 Å². The van der Waals surface area contributed by atoms with Gasteiger partial charge in [-0.15, -0.1) is 0 Å². The molecule has 2 rings (SSSR count). The number of rotatable bonds is 13. The first-order chi connectivity index (χ1) is 13.6. The average Bonchev–Trinajstić information content (AvgIpc) is 2.69. The monoisotopic (exact) mass is 423 g/mol. The van der Waals surface area contributed by atoms with Crippen molar-refractivity contribution in [3.63, 3.8) is 0 Å². The van der Waals surface area contributed by atoms with Crippen LogP contribution in [0.3, 0.4) is 0 Å². The Balaban J connectivity index is 1.93. The molecule has 0 aliphatic heterocycles. The van der Waals surface area contributed by atoms with Crippen molar-refractivity contribution in [2.24, 2.45) is 0 Å². The van der Waals surface area contributed by atoms with Gasteiger partial charge in [0, 0.05) is 22.7 Å². The standard InChI is InChI=1S/C23H31Cl2NO2/c1-3-5-6-7-8-13-26-16-19-14-22(27-4-2)23(15-21(19)25)28-17-18-9-11-20(24)12-10-18/h9-12,14-15,26H,3-8,13,16-17H2,1-2H3. The molecule has 28 heavy (non-hydrogen) atoms. The maximum Gasteiger partial charge on any atom is 0.163 e. The zero-order valence-corrected chi connectivity index (χ0v) is 18.4. The van der Waals surface area contributed by atoms with Crippen LogP contribution >= 0.6 is 23.2 Å². The fraction of sp³-hybridized carbons (Fsp3) is 0.478. The molecule has 0 fully saturated rings. The van der Waals surface area contributed by atoms with Gasteiger partial charge >= 0.3 is 0 Å². The molecule has 1 N–H and O–H groups in total. The maximum absolute atomic E-state index is 6.49. The predicted molar refractivity (Wildman–Crippen MR) is 119 cm³/mol. The lowest BCUT2D eigenvalue weighted by atomic mass is 10.1. The van der Waals surface area contributed by atoms with E-state index in [1.54, 1.807) is 0 Å². The minimum atomic E-state index is 0.433. The molecule has 0 atom stereocenters. The highest BCUT2D eigenvalue weighted by molar-refractivity contribution is 6.31. The average molecular weight is 424 g/mol. The topological polar surface area (TPSA) is 30.5 Å². The number of hydrogen-bond donors (Lipinski definition) is 1. The second-order valence-corrected chi connectivity index (χ2v) is 7.67. The smallest absolute Gasteiger partial charge is 0.163 e. The zero-order valence-electron chi connectivity index (χ0n) is 16.9. The van der Waals surface area contributed by atoms with Crippen molar-refractivity contribution in [1.29, 1.82) is 0 Å². The van der Waals surface area contributed by atoms with Crippen LogP contribution in [0.1, 0.15) is 57.1 Å². The van der Waals surface area contributed by atoms with Crippen LogP contribution in [0, 0.1) is 0 Å². The first-order valence-electron chi connectivity index (χ1n) is 10.2. The van der Waals surface area contributed by atoms with E-state index in [2.05, 4.69) is 12.2 Å². The van der Waals surface area contributed by atoms with Crippen molar-refractivity contribution < 1.29 is 9.47 Å². The van der Waals surface area contributed by atoms with E-state index in [-0.39, 0.29) is 0 Å². The molecular formula is C23H31Cl2NO2. The SMILES string of the molecule is CCCCCCCNCc1cc(OCC)c(OCc2ccc(Cl)cc2)cc1Cl. The van der Waals surface area contributed by atoms with Gasteiger partial charge < -0.3 is 14.8 Å². The van der Waals surface area contributed by atoms with Gasteiger partial charge in [0.15, 0.2) is 11.5 Å². The van der Waals surface area contributed by atoms with Crippen molar-refractivity contribution in [1.82, 2.24) is 5.32 Å². The van der Waals surface area contributed by atoms with Gasteiger partial charge in [0.05, 0.1) is 6.61 Å². The number of ether oxygens (including phenoxy) is 2. The van der Waals surface area contributed by atoms with Crippen LogP contribution in [-0.4, -0.2) is 13.2 Å². The molecule has 0 bridgehead atoms. The number of benzene rings is 2. The van der Waals surface area contributed by atoms with Crippen molar-refractivity contribution in [2.75, 3.05) is 13.2 Å². The minimum Gasteiger partial charge on any atom is -0.490 e. The molecule has 0 amide bonds. The summed E-state index contributed by atoms with van der Waals surface area (Å²) in [5.41, 5.74) is 2.06. The Bertz CT molecular complexity index is 704. The minimum absolute atomic E-state index is 0.433. The molecular weight excluding hydrogens is 393 g/mol. The fourth-order valence-electron chi connectivity index (χ4n) is 2.91. The van der Waals surface area contributed by atoms with Crippen LogP contribution in [0.4, 0.5) is 0 Å². The van der Waals surface area contributed by atoms with Gasteiger partial charge in [0.1, 0.15) is 6.61 Å². The van der Waals surface area contributed by atoms with Crippen LogP contribution in [0.2, 0.25) is 10.0 Å². The lowest BCUT2D eigenvalue weighted by Crippen LogP contribution is -2.15. The van der Waals surface area contributed by atoms with E-state index >= 15 is 0 Å². The van der Waals surface area contributed by atoms with E-state index in [1.165, 1.54) is 32.1 Å². The summed E-state index contributed by atoms with van der Waals surface area (Å²) in [7, 11) is 0.